The van der Waals surface area contributed by atoms with Gasteiger partial charge in [-0.2, -0.15) is 0 Å². The Morgan fingerprint density at radius 3 is 2.91 bits per heavy atom. The summed E-state index contributed by atoms with van der Waals surface area (Å²) in [6, 6.07) is 9.13. The highest BCUT2D eigenvalue weighted by Gasteiger charge is 2.23. The van der Waals surface area contributed by atoms with Gasteiger partial charge in [0.15, 0.2) is 5.82 Å². The first kappa shape index (κ1) is 15.1. The number of carbonyl (C=O) groups excluding carboxylic acids is 2. The van der Waals surface area contributed by atoms with Crippen molar-refractivity contribution in [2.24, 2.45) is 0 Å². The largest absolute Gasteiger partial charge is 0.374 e. The van der Waals surface area contributed by atoms with Gasteiger partial charge in [-0.05, 0) is 25.5 Å². The highest BCUT2D eigenvalue weighted by molar-refractivity contribution is 5.99. The van der Waals surface area contributed by atoms with Gasteiger partial charge in [-0.1, -0.05) is 17.3 Å². The van der Waals surface area contributed by atoms with E-state index in [2.05, 4.69) is 15.8 Å². The number of benzene rings is 1. The zero-order valence-electron chi connectivity index (χ0n) is 12.8. The molecule has 0 radical (unpaired) electrons. The van der Waals surface area contributed by atoms with E-state index in [4.69, 9.17) is 4.52 Å². The molecule has 7 nitrogen and oxygen atoms in total. The molecule has 1 saturated heterocycles. The smallest absolute Gasteiger partial charge is 0.244 e. The molecule has 0 saturated carbocycles. The van der Waals surface area contributed by atoms with Crippen LogP contribution in [-0.2, 0) is 9.59 Å². The molecule has 2 amide bonds. The van der Waals surface area contributed by atoms with Crippen molar-refractivity contribution >= 4 is 29.0 Å². The molecule has 0 bridgehead atoms. The molecule has 2 aromatic rings. The van der Waals surface area contributed by atoms with Crippen LogP contribution in [0.4, 0.5) is 17.2 Å². The van der Waals surface area contributed by atoms with Crippen LogP contribution in [-0.4, -0.2) is 30.1 Å². The normalized spacial score (nSPS) is 14.1. The molecule has 1 fully saturated rings. The van der Waals surface area contributed by atoms with Crippen molar-refractivity contribution in [3.63, 3.8) is 0 Å². The number of para-hydroxylation sites is 2. The average molecular weight is 314 g/mol. The number of nitrogens with one attached hydrogen (secondary N) is 2. The summed E-state index contributed by atoms with van der Waals surface area (Å²) in [7, 11) is 0. The minimum absolute atomic E-state index is 0.0744. The van der Waals surface area contributed by atoms with Crippen molar-refractivity contribution in [2.75, 3.05) is 28.6 Å². The number of aromatic nitrogens is 1. The van der Waals surface area contributed by atoms with Gasteiger partial charge in [0.25, 0.3) is 0 Å². The summed E-state index contributed by atoms with van der Waals surface area (Å²) in [6.45, 7) is 2.54. The Hall–Kier alpha value is -2.83. The number of carbonyl (C=O) groups is 2. The van der Waals surface area contributed by atoms with E-state index >= 15 is 0 Å². The first-order chi connectivity index (χ1) is 11.1. The van der Waals surface area contributed by atoms with E-state index in [1.807, 2.05) is 24.3 Å². The van der Waals surface area contributed by atoms with Crippen LogP contribution in [0.1, 0.15) is 18.6 Å². The van der Waals surface area contributed by atoms with Crippen LogP contribution in [0.2, 0.25) is 0 Å². The fourth-order valence-electron chi connectivity index (χ4n) is 2.55. The van der Waals surface area contributed by atoms with Crippen LogP contribution in [0.5, 0.6) is 0 Å². The van der Waals surface area contributed by atoms with Crippen LogP contribution in [0.15, 0.2) is 34.9 Å². The topological polar surface area (TPSA) is 87.5 Å². The van der Waals surface area contributed by atoms with Crippen LogP contribution in [0, 0.1) is 6.92 Å². The monoisotopic (exact) mass is 314 g/mol. The second kappa shape index (κ2) is 6.51. The van der Waals surface area contributed by atoms with Crippen molar-refractivity contribution in [3.05, 3.63) is 36.1 Å². The van der Waals surface area contributed by atoms with E-state index in [1.54, 1.807) is 17.9 Å². The summed E-state index contributed by atoms with van der Waals surface area (Å²) in [4.78, 5) is 25.6. The van der Waals surface area contributed by atoms with Crippen molar-refractivity contribution in [1.82, 2.24) is 5.16 Å². The van der Waals surface area contributed by atoms with Crippen molar-refractivity contribution in [1.29, 1.82) is 0 Å². The number of anilines is 3. The summed E-state index contributed by atoms with van der Waals surface area (Å²) in [6.07, 6.45) is 1.43. The van der Waals surface area contributed by atoms with Gasteiger partial charge in [0, 0.05) is 19.0 Å². The lowest BCUT2D eigenvalue weighted by Gasteiger charge is -2.20. The van der Waals surface area contributed by atoms with Gasteiger partial charge in [0.2, 0.25) is 11.8 Å². The minimum atomic E-state index is -0.235. The van der Waals surface area contributed by atoms with E-state index in [0.717, 1.165) is 17.8 Å². The molecule has 23 heavy (non-hydrogen) atoms. The number of hydrogen-bond acceptors (Lipinski definition) is 5. The second-order valence-electron chi connectivity index (χ2n) is 5.39. The fraction of sp³-hybridized carbons (Fsp3) is 0.312. The first-order valence-electron chi connectivity index (χ1n) is 7.50. The standard InChI is InChI=1S/C16H18N4O3/c1-11-9-14(19-23-11)18-15(21)10-17-12-5-2-3-6-13(12)20-8-4-7-16(20)22/h2-3,5-6,9,17H,4,7-8,10H2,1H3,(H,18,19,21). The van der Waals surface area contributed by atoms with Gasteiger partial charge < -0.3 is 20.1 Å². The van der Waals surface area contributed by atoms with Crippen LogP contribution in [0.3, 0.4) is 0 Å². The lowest BCUT2D eigenvalue weighted by molar-refractivity contribution is -0.117. The molecular weight excluding hydrogens is 296 g/mol. The van der Waals surface area contributed by atoms with Gasteiger partial charge in [-0.25, -0.2) is 0 Å². The van der Waals surface area contributed by atoms with Crippen molar-refractivity contribution in [2.45, 2.75) is 19.8 Å². The van der Waals surface area contributed by atoms with Gasteiger partial charge in [-0.15, -0.1) is 0 Å². The minimum Gasteiger partial charge on any atom is -0.374 e. The molecule has 3 rings (SSSR count). The van der Waals surface area contributed by atoms with Crippen LogP contribution in [0.25, 0.3) is 0 Å². The van der Waals surface area contributed by atoms with Gasteiger partial charge >= 0.3 is 0 Å². The third-order valence-electron chi connectivity index (χ3n) is 3.60. The molecule has 1 aromatic heterocycles. The third kappa shape index (κ3) is 3.50. The zero-order valence-corrected chi connectivity index (χ0v) is 12.8. The molecule has 120 valence electrons. The van der Waals surface area contributed by atoms with Gasteiger partial charge in [0.1, 0.15) is 5.76 Å². The lowest BCUT2D eigenvalue weighted by atomic mass is 10.2. The number of aryl methyl sites for hydroxylation is 1. The summed E-state index contributed by atoms with van der Waals surface area (Å²) < 4.78 is 4.90. The summed E-state index contributed by atoms with van der Waals surface area (Å²) >= 11 is 0. The zero-order chi connectivity index (χ0) is 16.2. The van der Waals surface area contributed by atoms with Crippen molar-refractivity contribution in [3.8, 4) is 0 Å². The molecule has 2 N–H and O–H groups in total. The summed E-state index contributed by atoms with van der Waals surface area (Å²) in [5, 5.41) is 9.43. The highest BCUT2D eigenvalue weighted by Crippen LogP contribution is 2.29. The summed E-state index contributed by atoms with van der Waals surface area (Å²) in [5.74, 6) is 0.895. The molecule has 2 heterocycles. The predicted molar refractivity (Wildman–Crippen MR) is 86.4 cm³/mol. The molecular formula is C16H18N4O3. The first-order valence-corrected chi connectivity index (χ1v) is 7.50. The quantitative estimate of drug-likeness (QED) is 0.883. The second-order valence-corrected chi connectivity index (χ2v) is 5.39. The van der Waals surface area contributed by atoms with E-state index in [1.165, 1.54) is 0 Å². The van der Waals surface area contributed by atoms with Crippen LogP contribution >= 0.6 is 0 Å². The third-order valence-corrected chi connectivity index (χ3v) is 3.60. The Morgan fingerprint density at radius 1 is 1.39 bits per heavy atom. The molecule has 0 spiro atoms. The molecule has 7 heteroatoms. The van der Waals surface area contributed by atoms with E-state index in [9.17, 15) is 9.59 Å². The van der Waals surface area contributed by atoms with E-state index in [-0.39, 0.29) is 18.4 Å². The molecule has 1 aliphatic rings. The highest BCUT2D eigenvalue weighted by atomic mass is 16.5. The predicted octanol–water partition coefficient (Wildman–Crippen LogP) is 2.16. The Bertz CT molecular complexity index is 726. The molecule has 0 unspecified atom stereocenters. The Kier molecular flexibility index (Phi) is 4.27. The fourth-order valence-corrected chi connectivity index (χ4v) is 2.55. The maximum atomic E-state index is 12.0. The maximum Gasteiger partial charge on any atom is 0.244 e. The van der Waals surface area contributed by atoms with Gasteiger partial charge in [0.05, 0.1) is 17.9 Å². The van der Waals surface area contributed by atoms with E-state index < -0.39 is 0 Å². The van der Waals surface area contributed by atoms with Crippen molar-refractivity contribution < 1.29 is 14.1 Å². The Morgan fingerprint density at radius 2 is 2.22 bits per heavy atom. The van der Waals surface area contributed by atoms with Gasteiger partial charge in [-0.3, -0.25) is 9.59 Å². The number of hydrogen-bond donors (Lipinski definition) is 2. The lowest BCUT2D eigenvalue weighted by Crippen LogP contribution is -2.26. The average Bonchev–Trinajstić information content (AvgIpc) is 3.14. The Balaban J connectivity index is 1.64. The van der Waals surface area contributed by atoms with E-state index in [0.29, 0.717) is 24.5 Å². The number of rotatable bonds is 5. The number of nitrogens with zero attached hydrogens (tertiary/aromatic N) is 2. The molecule has 0 aliphatic carbocycles. The summed E-state index contributed by atoms with van der Waals surface area (Å²) in [5.41, 5.74) is 1.56. The SMILES string of the molecule is Cc1cc(NC(=O)CNc2ccccc2N2CCCC2=O)no1. The Labute approximate surface area is 133 Å². The maximum absolute atomic E-state index is 12.0. The molecule has 1 aromatic carbocycles. The molecule has 1 aliphatic heterocycles. The van der Waals surface area contributed by atoms with Crippen LogP contribution < -0.4 is 15.5 Å². The molecule has 0 atom stereocenters. The number of amides is 2.